The van der Waals surface area contributed by atoms with Crippen molar-refractivity contribution in [3.8, 4) is 0 Å². The summed E-state index contributed by atoms with van der Waals surface area (Å²) in [6.07, 6.45) is 0.841. The summed E-state index contributed by atoms with van der Waals surface area (Å²) in [7, 11) is 0. The predicted octanol–water partition coefficient (Wildman–Crippen LogP) is 2.45. The van der Waals surface area contributed by atoms with E-state index in [1.165, 1.54) is 0 Å². The number of hydrogen-bond donors (Lipinski definition) is 1. The third-order valence-corrected chi connectivity index (χ3v) is 3.54. The standard InChI is InChI=1S/C12H13Cl2NO2/c13-9-1-2-10(11(14)5-9)12(17)15-4-3-8(6-15)7-16/h1-2,5,8,16H,3-4,6-7H2. The number of halogens is 2. The van der Waals surface area contributed by atoms with Crippen LogP contribution in [-0.4, -0.2) is 35.6 Å². The highest BCUT2D eigenvalue weighted by Gasteiger charge is 2.27. The zero-order valence-corrected chi connectivity index (χ0v) is 10.7. The summed E-state index contributed by atoms with van der Waals surface area (Å²) in [5, 5.41) is 9.93. The largest absolute Gasteiger partial charge is 0.396 e. The summed E-state index contributed by atoms with van der Waals surface area (Å²) in [6.45, 7) is 1.38. The number of nitrogens with zero attached hydrogens (tertiary/aromatic N) is 1. The van der Waals surface area contributed by atoms with Crippen molar-refractivity contribution in [2.24, 2.45) is 5.92 Å². The fraction of sp³-hybridized carbons (Fsp3) is 0.417. The Hall–Kier alpha value is -0.770. The number of amides is 1. The van der Waals surface area contributed by atoms with Gasteiger partial charge in [-0.1, -0.05) is 23.2 Å². The van der Waals surface area contributed by atoms with Gasteiger partial charge in [-0.25, -0.2) is 0 Å². The lowest BCUT2D eigenvalue weighted by Crippen LogP contribution is -2.29. The molecule has 1 unspecified atom stereocenters. The van der Waals surface area contributed by atoms with Crippen LogP contribution in [0.1, 0.15) is 16.8 Å². The number of hydrogen-bond acceptors (Lipinski definition) is 2. The van der Waals surface area contributed by atoms with Crippen LogP contribution in [0.25, 0.3) is 0 Å². The van der Waals surface area contributed by atoms with Gasteiger partial charge in [-0.05, 0) is 24.6 Å². The number of benzene rings is 1. The summed E-state index contributed by atoms with van der Waals surface area (Å²) in [5.41, 5.74) is 0.467. The van der Waals surface area contributed by atoms with Gasteiger partial charge in [0.15, 0.2) is 0 Å². The molecule has 92 valence electrons. The molecule has 1 amide bonds. The average molecular weight is 274 g/mol. The Morgan fingerprint density at radius 3 is 2.82 bits per heavy atom. The highest BCUT2D eigenvalue weighted by Crippen LogP contribution is 2.24. The molecule has 2 rings (SSSR count). The molecule has 1 aliphatic heterocycles. The first-order valence-electron chi connectivity index (χ1n) is 5.47. The molecule has 1 N–H and O–H groups in total. The molecule has 0 bridgehead atoms. The number of carbonyl (C=O) groups excluding carboxylic acids is 1. The van der Waals surface area contributed by atoms with Gasteiger partial charge < -0.3 is 10.0 Å². The smallest absolute Gasteiger partial charge is 0.255 e. The van der Waals surface area contributed by atoms with Gasteiger partial charge in [-0.2, -0.15) is 0 Å². The number of rotatable bonds is 2. The van der Waals surface area contributed by atoms with Crippen LogP contribution in [0.2, 0.25) is 10.0 Å². The van der Waals surface area contributed by atoms with E-state index in [0.29, 0.717) is 28.7 Å². The van der Waals surface area contributed by atoms with Crippen LogP contribution in [0.15, 0.2) is 18.2 Å². The second-order valence-electron chi connectivity index (χ2n) is 4.21. The third-order valence-electron chi connectivity index (χ3n) is 2.99. The second-order valence-corrected chi connectivity index (χ2v) is 5.06. The van der Waals surface area contributed by atoms with Gasteiger partial charge in [0.05, 0.1) is 10.6 Å². The van der Waals surface area contributed by atoms with Crippen LogP contribution >= 0.6 is 23.2 Å². The molecule has 0 radical (unpaired) electrons. The van der Waals surface area contributed by atoms with Crippen LogP contribution in [0, 0.1) is 5.92 Å². The van der Waals surface area contributed by atoms with Gasteiger partial charge >= 0.3 is 0 Å². The highest BCUT2D eigenvalue weighted by atomic mass is 35.5. The molecule has 17 heavy (non-hydrogen) atoms. The Morgan fingerprint density at radius 1 is 1.47 bits per heavy atom. The van der Waals surface area contributed by atoms with Crippen molar-refractivity contribution in [2.45, 2.75) is 6.42 Å². The van der Waals surface area contributed by atoms with E-state index < -0.39 is 0 Å². The quantitative estimate of drug-likeness (QED) is 0.899. The predicted molar refractivity (Wildman–Crippen MR) is 67.6 cm³/mol. The van der Waals surface area contributed by atoms with E-state index in [0.717, 1.165) is 6.42 Å². The van der Waals surface area contributed by atoms with Crippen molar-refractivity contribution in [1.29, 1.82) is 0 Å². The first kappa shape index (κ1) is 12.7. The summed E-state index contributed by atoms with van der Waals surface area (Å²) in [5.74, 6) is 0.0904. The maximum atomic E-state index is 12.2. The first-order valence-corrected chi connectivity index (χ1v) is 6.22. The van der Waals surface area contributed by atoms with Gasteiger partial charge in [0.25, 0.3) is 5.91 Å². The van der Waals surface area contributed by atoms with Gasteiger partial charge in [-0.3, -0.25) is 4.79 Å². The van der Waals surface area contributed by atoms with E-state index >= 15 is 0 Å². The summed E-state index contributed by atoms with van der Waals surface area (Å²) >= 11 is 11.8. The molecule has 1 aliphatic rings. The van der Waals surface area contributed by atoms with E-state index in [-0.39, 0.29) is 18.4 Å². The van der Waals surface area contributed by atoms with Crippen LogP contribution in [0.3, 0.4) is 0 Å². The van der Waals surface area contributed by atoms with E-state index in [2.05, 4.69) is 0 Å². The molecule has 1 heterocycles. The van der Waals surface area contributed by atoms with E-state index in [4.69, 9.17) is 28.3 Å². The van der Waals surface area contributed by atoms with E-state index in [1.807, 2.05) is 0 Å². The highest BCUT2D eigenvalue weighted by molar-refractivity contribution is 6.36. The zero-order valence-electron chi connectivity index (χ0n) is 9.20. The minimum absolute atomic E-state index is 0.0948. The van der Waals surface area contributed by atoms with Crippen LogP contribution in [0.4, 0.5) is 0 Å². The van der Waals surface area contributed by atoms with Crippen molar-refractivity contribution >= 4 is 29.1 Å². The van der Waals surface area contributed by atoms with Crippen LogP contribution in [-0.2, 0) is 0 Å². The van der Waals surface area contributed by atoms with Crippen molar-refractivity contribution in [3.63, 3.8) is 0 Å². The SMILES string of the molecule is O=C(c1ccc(Cl)cc1Cl)N1CCC(CO)C1. The molecule has 0 aromatic heterocycles. The van der Waals surface area contributed by atoms with Gasteiger partial charge in [-0.15, -0.1) is 0 Å². The summed E-state index contributed by atoms with van der Waals surface area (Å²) in [6, 6.07) is 4.86. The number of carbonyl (C=O) groups is 1. The van der Waals surface area contributed by atoms with Gasteiger partial charge in [0, 0.05) is 30.6 Å². The second kappa shape index (κ2) is 5.25. The maximum absolute atomic E-state index is 12.2. The molecule has 0 aliphatic carbocycles. The molecular formula is C12H13Cl2NO2. The monoisotopic (exact) mass is 273 g/mol. The topological polar surface area (TPSA) is 40.5 Å². The maximum Gasteiger partial charge on any atom is 0.255 e. The molecule has 3 nitrogen and oxygen atoms in total. The Labute approximate surface area is 110 Å². The summed E-state index contributed by atoms with van der Waals surface area (Å²) < 4.78 is 0. The minimum Gasteiger partial charge on any atom is -0.396 e. The lowest BCUT2D eigenvalue weighted by molar-refractivity contribution is 0.0782. The normalized spacial score (nSPS) is 19.7. The Balaban J connectivity index is 2.15. The van der Waals surface area contributed by atoms with Crippen molar-refractivity contribution in [3.05, 3.63) is 33.8 Å². The number of aliphatic hydroxyl groups excluding tert-OH is 1. The van der Waals surface area contributed by atoms with Crippen molar-refractivity contribution < 1.29 is 9.90 Å². The lowest BCUT2D eigenvalue weighted by Gasteiger charge is -2.17. The number of likely N-dealkylation sites (tertiary alicyclic amines) is 1. The molecule has 5 heteroatoms. The van der Waals surface area contributed by atoms with E-state index in [9.17, 15) is 4.79 Å². The molecule has 1 aromatic carbocycles. The van der Waals surface area contributed by atoms with E-state index in [1.54, 1.807) is 23.1 Å². The fourth-order valence-electron chi connectivity index (χ4n) is 2.00. The van der Waals surface area contributed by atoms with Gasteiger partial charge in [0.2, 0.25) is 0 Å². The lowest BCUT2D eigenvalue weighted by atomic mass is 10.1. The Bertz CT molecular complexity index is 437. The minimum atomic E-state index is -0.0948. The first-order chi connectivity index (χ1) is 8.11. The van der Waals surface area contributed by atoms with Crippen molar-refractivity contribution in [2.75, 3.05) is 19.7 Å². The molecule has 0 spiro atoms. The molecule has 1 fully saturated rings. The molecular weight excluding hydrogens is 261 g/mol. The summed E-state index contributed by atoms with van der Waals surface area (Å²) in [4.78, 5) is 13.9. The Kier molecular flexibility index (Phi) is 3.92. The van der Waals surface area contributed by atoms with Crippen molar-refractivity contribution in [1.82, 2.24) is 4.90 Å². The Morgan fingerprint density at radius 2 is 2.24 bits per heavy atom. The molecule has 0 saturated carbocycles. The average Bonchev–Trinajstić information content (AvgIpc) is 2.76. The molecule has 1 atom stereocenters. The third kappa shape index (κ3) is 2.73. The van der Waals surface area contributed by atoms with Gasteiger partial charge in [0.1, 0.15) is 0 Å². The molecule has 1 aromatic rings. The number of aliphatic hydroxyl groups is 1. The van der Waals surface area contributed by atoms with Crippen LogP contribution < -0.4 is 0 Å². The van der Waals surface area contributed by atoms with Crippen LogP contribution in [0.5, 0.6) is 0 Å². The fourth-order valence-corrected chi connectivity index (χ4v) is 2.49. The molecule has 1 saturated heterocycles. The zero-order chi connectivity index (χ0) is 12.4.